The lowest BCUT2D eigenvalue weighted by molar-refractivity contribution is 0.108. The van der Waals surface area contributed by atoms with Crippen LogP contribution in [0.25, 0.3) is 0 Å². The van der Waals surface area contributed by atoms with Gasteiger partial charge in [0, 0.05) is 33.2 Å². The average molecular weight is 459 g/mol. The molecule has 4 rings (SSSR count). The Bertz CT molecular complexity index is 1210. The van der Waals surface area contributed by atoms with Gasteiger partial charge in [0.25, 0.3) is 5.56 Å². The molecule has 1 N–H and O–H groups in total. The Kier molecular flexibility index (Phi) is 6.21. The third-order valence-corrected chi connectivity index (χ3v) is 6.70. The first-order valence-corrected chi connectivity index (χ1v) is 11.7. The predicted molar refractivity (Wildman–Crippen MR) is 120 cm³/mol. The molecule has 1 unspecified atom stereocenters. The van der Waals surface area contributed by atoms with E-state index >= 15 is 0 Å². The van der Waals surface area contributed by atoms with Gasteiger partial charge in [0.05, 0.1) is 17.6 Å². The van der Waals surface area contributed by atoms with Crippen LogP contribution >= 0.6 is 0 Å². The van der Waals surface area contributed by atoms with Gasteiger partial charge in [-0.1, -0.05) is 23.6 Å². The molecular weight excluding hydrogens is 432 g/mol. The van der Waals surface area contributed by atoms with Crippen molar-refractivity contribution in [2.75, 3.05) is 42.7 Å². The summed E-state index contributed by atoms with van der Waals surface area (Å²) in [5.74, 6) is 5.85. The Hall–Kier alpha value is -2.91. The van der Waals surface area contributed by atoms with E-state index in [0.29, 0.717) is 24.5 Å². The first-order chi connectivity index (χ1) is 15.3. The fourth-order valence-electron chi connectivity index (χ4n) is 3.83. The number of hydrogen-bond acceptors (Lipinski definition) is 9. The van der Waals surface area contributed by atoms with Crippen molar-refractivity contribution in [1.29, 1.82) is 0 Å². The molecule has 0 bridgehead atoms. The third kappa shape index (κ3) is 4.10. The predicted octanol–water partition coefficient (Wildman–Crippen LogP) is 0.248. The molecule has 1 aromatic carbocycles. The number of nitrogens with one attached hydrogen (secondary N) is 1. The van der Waals surface area contributed by atoms with Gasteiger partial charge in [0.15, 0.2) is 6.29 Å². The van der Waals surface area contributed by atoms with E-state index in [1.807, 2.05) is 6.92 Å². The van der Waals surface area contributed by atoms with Crippen LogP contribution in [0.5, 0.6) is 0 Å². The van der Waals surface area contributed by atoms with Gasteiger partial charge in [0.1, 0.15) is 11.4 Å². The maximum absolute atomic E-state index is 13.2. The molecule has 10 nitrogen and oxygen atoms in total. The summed E-state index contributed by atoms with van der Waals surface area (Å²) < 4.78 is 33.2. The quantitative estimate of drug-likeness (QED) is 0.632. The fraction of sp³-hybridized carbons (Fsp3) is 0.429. The zero-order valence-electron chi connectivity index (χ0n) is 18.3. The molecule has 2 aromatic rings. The lowest BCUT2D eigenvalue weighted by Crippen LogP contribution is -2.60. The highest BCUT2D eigenvalue weighted by Gasteiger charge is 2.45. The molecule has 0 amide bonds. The molecule has 170 valence electrons. The highest BCUT2D eigenvalue weighted by molar-refractivity contribution is 7.86. The van der Waals surface area contributed by atoms with Crippen molar-refractivity contribution in [2.45, 2.75) is 25.0 Å². The summed E-state index contributed by atoms with van der Waals surface area (Å²) in [6.07, 6.45) is 0.792. The molecule has 11 heteroatoms. The van der Waals surface area contributed by atoms with Crippen molar-refractivity contribution in [1.82, 2.24) is 20.0 Å². The number of nitrogens with zero attached hydrogens (tertiary/aromatic N) is 5. The number of hydroxylamine groups is 1. The molecule has 0 aliphatic carbocycles. The summed E-state index contributed by atoms with van der Waals surface area (Å²) in [5.41, 5.74) is 1.20. The maximum atomic E-state index is 13.2. The van der Waals surface area contributed by atoms with Gasteiger partial charge < -0.3 is 10.2 Å². The van der Waals surface area contributed by atoms with Crippen LogP contribution in [0.2, 0.25) is 0 Å². The minimum Gasteiger partial charge on any atom is -0.319 e. The second kappa shape index (κ2) is 8.91. The zero-order chi connectivity index (χ0) is 22.9. The second-order valence-electron chi connectivity index (χ2n) is 7.66. The molecule has 1 atom stereocenters. The fourth-order valence-corrected chi connectivity index (χ4v) is 4.76. The number of fused-ring (bicyclic) bond motifs is 1. The van der Waals surface area contributed by atoms with Gasteiger partial charge in [-0.15, -0.1) is 10.2 Å². The molecule has 1 saturated heterocycles. The van der Waals surface area contributed by atoms with Gasteiger partial charge in [-0.25, -0.2) is 4.68 Å². The van der Waals surface area contributed by atoms with Crippen LogP contribution in [-0.2, 0) is 21.4 Å². The van der Waals surface area contributed by atoms with Crippen LogP contribution in [0.1, 0.15) is 12.5 Å². The van der Waals surface area contributed by atoms with Crippen molar-refractivity contribution in [2.24, 2.45) is 7.05 Å². The molecule has 0 spiro atoms. The Labute approximate surface area is 187 Å². The molecule has 3 heterocycles. The molecule has 2 aliphatic rings. The standard InChI is InChI=1S/C21H26N6O4S/c1-4-5-12-26-19-18(15-23-24(3)20(19)28)27(21(26)25-13-10-22-11-14-25)31-32(29,30)17-8-6-16(2)7-9-17/h6-9,15,21-22H,10-14H2,1-3H3. The van der Waals surface area contributed by atoms with Gasteiger partial charge in [-0.3, -0.25) is 9.69 Å². The van der Waals surface area contributed by atoms with Crippen LogP contribution in [-0.4, -0.2) is 62.1 Å². The minimum absolute atomic E-state index is 0.0345. The van der Waals surface area contributed by atoms with E-state index in [0.717, 1.165) is 18.7 Å². The van der Waals surface area contributed by atoms with Crippen LogP contribution in [0.3, 0.4) is 0 Å². The number of aryl methyl sites for hydroxylation is 2. The van der Waals surface area contributed by atoms with E-state index in [1.54, 1.807) is 31.0 Å². The van der Waals surface area contributed by atoms with Crippen LogP contribution in [0.15, 0.2) is 40.2 Å². The highest BCUT2D eigenvalue weighted by atomic mass is 32.2. The summed E-state index contributed by atoms with van der Waals surface area (Å²) in [7, 11) is -2.60. The molecule has 0 radical (unpaired) electrons. The molecule has 0 saturated carbocycles. The monoisotopic (exact) mass is 458 g/mol. The summed E-state index contributed by atoms with van der Waals surface area (Å²) in [4.78, 5) is 16.9. The number of anilines is 2. The normalized spacial score (nSPS) is 18.9. The third-order valence-electron chi connectivity index (χ3n) is 5.50. The summed E-state index contributed by atoms with van der Waals surface area (Å²) >= 11 is 0. The van der Waals surface area contributed by atoms with Crippen LogP contribution < -0.4 is 20.8 Å². The van der Waals surface area contributed by atoms with Gasteiger partial charge in [0.2, 0.25) is 0 Å². The molecule has 1 fully saturated rings. The van der Waals surface area contributed by atoms with Crippen molar-refractivity contribution in [3.05, 3.63) is 46.4 Å². The van der Waals surface area contributed by atoms with Crippen LogP contribution in [0.4, 0.5) is 11.4 Å². The average Bonchev–Trinajstić information content (AvgIpc) is 3.08. The van der Waals surface area contributed by atoms with E-state index in [9.17, 15) is 13.2 Å². The summed E-state index contributed by atoms with van der Waals surface area (Å²) in [6.45, 7) is 6.59. The van der Waals surface area contributed by atoms with E-state index in [-0.39, 0.29) is 17.0 Å². The number of benzene rings is 1. The molecule has 32 heavy (non-hydrogen) atoms. The van der Waals surface area contributed by atoms with Crippen molar-refractivity contribution in [3.63, 3.8) is 0 Å². The van der Waals surface area contributed by atoms with E-state index in [4.69, 9.17) is 4.28 Å². The number of piperazine rings is 1. The van der Waals surface area contributed by atoms with Gasteiger partial charge >= 0.3 is 10.1 Å². The number of hydrogen-bond donors (Lipinski definition) is 1. The van der Waals surface area contributed by atoms with Gasteiger partial charge in [-0.05, 0) is 26.0 Å². The van der Waals surface area contributed by atoms with E-state index < -0.39 is 16.4 Å². The van der Waals surface area contributed by atoms with Gasteiger partial charge in [-0.2, -0.15) is 18.6 Å². The van der Waals surface area contributed by atoms with Crippen LogP contribution in [0, 0.1) is 18.8 Å². The van der Waals surface area contributed by atoms with E-state index in [1.165, 1.54) is 28.1 Å². The zero-order valence-corrected chi connectivity index (χ0v) is 19.1. The van der Waals surface area contributed by atoms with Crippen molar-refractivity contribution >= 4 is 21.5 Å². The Morgan fingerprint density at radius 1 is 1.22 bits per heavy atom. The first-order valence-electron chi connectivity index (χ1n) is 10.3. The smallest absolute Gasteiger partial charge is 0.317 e. The van der Waals surface area contributed by atoms with E-state index in [2.05, 4.69) is 27.2 Å². The lowest BCUT2D eigenvalue weighted by atomic mass is 10.2. The molecular formula is C21H26N6O4S. The largest absolute Gasteiger partial charge is 0.319 e. The first kappa shape index (κ1) is 22.3. The Morgan fingerprint density at radius 3 is 2.56 bits per heavy atom. The topological polar surface area (TPSA) is 100 Å². The molecule has 2 aliphatic heterocycles. The highest BCUT2D eigenvalue weighted by Crippen LogP contribution is 2.39. The Balaban J connectivity index is 1.82. The number of aromatic nitrogens is 2. The minimum atomic E-state index is -4.16. The number of rotatable bonds is 5. The Morgan fingerprint density at radius 2 is 1.91 bits per heavy atom. The van der Waals surface area contributed by atoms with Crippen molar-refractivity contribution < 1.29 is 12.7 Å². The second-order valence-corrected chi connectivity index (χ2v) is 9.19. The maximum Gasteiger partial charge on any atom is 0.317 e. The van der Waals surface area contributed by atoms with Crippen molar-refractivity contribution in [3.8, 4) is 11.8 Å². The SMILES string of the molecule is CC#CCN1c2c(cnn(C)c2=O)N(OS(=O)(=O)c2ccc(C)cc2)C1N1CCNCC1. The lowest BCUT2D eigenvalue weighted by Gasteiger charge is -2.40. The summed E-state index contributed by atoms with van der Waals surface area (Å²) in [5, 5.41) is 8.67. The molecule has 1 aromatic heterocycles. The summed E-state index contributed by atoms with van der Waals surface area (Å²) in [6, 6.07) is 6.43.